The van der Waals surface area contributed by atoms with E-state index < -0.39 is 0 Å². The third kappa shape index (κ3) is 11.9. The third-order valence-electron chi connectivity index (χ3n) is 1.93. The Balaban J connectivity index is 0. The largest absolute Gasteiger partial charge is 0.357 e. The molecule has 0 bridgehead atoms. The maximum absolute atomic E-state index is 11.4. The average Bonchev–Trinajstić information content (AvgIpc) is 2.24. The summed E-state index contributed by atoms with van der Waals surface area (Å²) in [4.78, 5) is 15.7. The lowest BCUT2D eigenvalue weighted by molar-refractivity contribution is -0.121. The summed E-state index contributed by atoms with van der Waals surface area (Å²) in [6, 6.07) is 0.199. The van der Waals surface area contributed by atoms with Crippen molar-refractivity contribution in [1.29, 1.82) is 0 Å². The summed E-state index contributed by atoms with van der Waals surface area (Å²) in [6.45, 7) is 10.3. The van der Waals surface area contributed by atoms with Crippen LogP contribution in [-0.4, -0.2) is 37.5 Å². The molecule has 0 unspecified atom stereocenters. The van der Waals surface area contributed by atoms with Crippen molar-refractivity contribution in [1.82, 2.24) is 16.0 Å². The number of amides is 1. The quantitative estimate of drug-likeness (QED) is 0.361. The number of nitrogens with one attached hydrogen (secondary N) is 3. The van der Waals surface area contributed by atoms with Crippen molar-refractivity contribution >= 4 is 35.8 Å². The number of hydrogen-bond acceptors (Lipinski definition) is 2. The summed E-state index contributed by atoms with van der Waals surface area (Å²) in [7, 11) is 0. The Bertz CT molecular complexity index is 244. The van der Waals surface area contributed by atoms with E-state index in [1.54, 1.807) is 0 Å². The summed E-state index contributed by atoms with van der Waals surface area (Å²) in [5, 5.41) is 9.13. The topological polar surface area (TPSA) is 65.5 Å². The van der Waals surface area contributed by atoms with Gasteiger partial charge in [0.1, 0.15) is 0 Å². The van der Waals surface area contributed by atoms with Gasteiger partial charge in [-0.05, 0) is 27.2 Å². The molecule has 0 radical (unpaired) electrons. The zero-order chi connectivity index (χ0) is 13.1. The van der Waals surface area contributed by atoms with Crippen LogP contribution in [0.4, 0.5) is 0 Å². The molecule has 0 aromatic rings. The Morgan fingerprint density at radius 3 is 2.39 bits per heavy atom. The van der Waals surface area contributed by atoms with Crippen LogP contribution in [0.25, 0.3) is 0 Å². The van der Waals surface area contributed by atoms with Gasteiger partial charge in [0.15, 0.2) is 5.96 Å². The van der Waals surface area contributed by atoms with Crippen molar-refractivity contribution in [2.75, 3.05) is 19.6 Å². The highest BCUT2D eigenvalue weighted by molar-refractivity contribution is 14.0. The fourth-order valence-electron chi connectivity index (χ4n) is 1.25. The highest BCUT2D eigenvalue weighted by Crippen LogP contribution is 1.83. The number of aliphatic imine (C=N–C) groups is 1. The van der Waals surface area contributed by atoms with Gasteiger partial charge in [-0.2, -0.15) is 0 Å². The van der Waals surface area contributed by atoms with E-state index in [-0.39, 0.29) is 35.9 Å². The highest BCUT2D eigenvalue weighted by atomic mass is 127. The highest BCUT2D eigenvalue weighted by Gasteiger charge is 2.03. The molecular formula is C12H27IN4O. The van der Waals surface area contributed by atoms with Crippen molar-refractivity contribution in [2.24, 2.45) is 4.99 Å². The Hall–Kier alpha value is -0.530. The number of carbonyl (C=O) groups excluding carboxylic acids is 1. The van der Waals surface area contributed by atoms with E-state index in [2.05, 4.69) is 27.9 Å². The molecule has 0 fully saturated rings. The van der Waals surface area contributed by atoms with Crippen LogP contribution in [0.1, 0.15) is 40.5 Å². The third-order valence-corrected chi connectivity index (χ3v) is 1.93. The fraction of sp³-hybridized carbons (Fsp3) is 0.833. The van der Waals surface area contributed by atoms with Crippen LogP contribution >= 0.6 is 24.0 Å². The van der Waals surface area contributed by atoms with Crippen molar-refractivity contribution in [3.05, 3.63) is 0 Å². The van der Waals surface area contributed by atoms with Crippen molar-refractivity contribution in [2.45, 2.75) is 46.6 Å². The first-order valence-electron chi connectivity index (χ1n) is 6.41. The Kier molecular flexibility index (Phi) is 14.2. The summed E-state index contributed by atoms with van der Waals surface area (Å²) in [5.41, 5.74) is 0. The predicted octanol–water partition coefficient (Wildman–Crippen LogP) is 1.48. The minimum Gasteiger partial charge on any atom is -0.357 e. The van der Waals surface area contributed by atoms with Gasteiger partial charge in [-0.15, -0.1) is 24.0 Å². The van der Waals surface area contributed by atoms with Crippen LogP contribution < -0.4 is 16.0 Å². The van der Waals surface area contributed by atoms with Gasteiger partial charge in [-0.3, -0.25) is 9.79 Å². The van der Waals surface area contributed by atoms with Crippen LogP contribution in [0.3, 0.4) is 0 Å². The van der Waals surface area contributed by atoms with Crippen LogP contribution in [0.5, 0.6) is 0 Å². The number of rotatable bonds is 7. The molecule has 0 atom stereocenters. The summed E-state index contributed by atoms with van der Waals surface area (Å²) >= 11 is 0. The molecule has 0 aromatic heterocycles. The minimum atomic E-state index is 0. The van der Waals surface area contributed by atoms with E-state index in [4.69, 9.17) is 0 Å². The molecule has 6 heteroatoms. The smallest absolute Gasteiger partial charge is 0.221 e. The lowest BCUT2D eigenvalue weighted by Gasteiger charge is -2.12. The Morgan fingerprint density at radius 2 is 1.89 bits per heavy atom. The minimum absolute atomic E-state index is 0. The van der Waals surface area contributed by atoms with Gasteiger partial charge in [-0.1, -0.05) is 6.92 Å². The second-order valence-corrected chi connectivity index (χ2v) is 4.16. The molecule has 0 aliphatic rings. The molecule has 0 aromatic carbocycles. The van der Waals surface area contributed by atoms with Crippen LogP contribution in [0.2, 0.25) is 0 Å². The molecule has 0 saturated heterocycles. The Morgan fingerprint density at radius 1 is 1.22 bits per heavy atom. The van der Waals surface area contributed by atoms with E-state index in [1.165, 1.54) is 0 Å². The van der Waals surface area contributed by atoms with Gasteiger partial charge in [0.2, 0.25) is 5.91 Å². The molecule has 1 amide bonds. The zero-order valence-electron chi connectivity index (χ0n) is 11.9. The van der Waals surface area contributed by atoms with E-state index in [9.17, 15) is 4.79 Å². The maximum Gasteiger partial charge on any atom is 0.221 e. The molecule has 0 aliphatic carbocycles. The molecule has 0 saturated carbocycles. The van der Waals surface area contributed by atoms with Gasteiger partial charge in [0, 0.05) is 32.1 Å². The van der Waals surface area contributed by atoms with Gasteiger partial charge in [0.25, 0.3) is 0 Å². The van der Waals surface area contributed by atoms with Gasteiger partial charge in [0.05, 0.1) is 0 Å². The first-order chi connectivity index (χ1) is 8.10. The van der Waals surface area contributed by atoms with Crippen LogP contribution in [0, 0.1) is 0 Å². The zero-order valence-corrected chi connectivity index (χ0v) is 14.2. The van der Waals surface area contributed by atoms with Crippen molar-refractivity contribution < 1.29 is 4.79 Å². The van der Waals surface area contributed by atoms with Crippen LogP contribution in [0.15, 0.2) is 4.99 Å². The molecule has 0 heterocycles. The first kappa shape index (κ1) is 19.8. The van der Waals surface area contributed by atoms with E-state index >= 15 is 0 Å². The van der Waals surface area contributed by atoms with Crippen molar-refractivity contribution in [3.63, 3.8) is 0 Å². The monoisotopic (exact) mass is 370 g/mol. The summed E-state index contributed by atoms with van der Waals surface area (Å²) < 4.78 is 0. The molecule has 18 heavy (non-hydrogen) atoms. The normalized spacial score (nSPS) is 10.8. The SMILES string of the molecule is CCCN=C(NCC)NCCC(=O)NC(C)C.I. The molecule has 0 aliphatic heterocycles. The lowest BCUT2D eigenvalue weighted by Crippen LogP contribution is -2.40. The molecular weight excluding hydrogens is 343 g/mol. The van der Waals surface area contributed by atoms with E-state index in [0.29, 0.717) is 13.0 Å². The van der Waals surface area contributed by atoms with Crippen molar-refractivity contribution in [3.8, 4) is 0 Å². The lowest BCUT2D eigenvalue weighted by atomic mass is 10.3. The summed E-state index contributed by atoms with van der Waals surface area (Å²) in [5.74, 6) is 0.852. The van der Waals surface area contributed by atoms with Gasteiger partial charge >= 0.3 is 0 Å². The molecule has 5 nitrogen and oxygen atoms in total. The molecule has 0 rings (SSSR count). The van der Waals surface area contributed by atoms with Crippen LogP contribution in [-0.2, 0) is 4.79 Å². The predicted molar refractivity (Wildman–Crippen MR) is 87.6 cm³/mol. The second-order valence-electron chi connectivity index (χ2n) is 4.16. The summed E-state index contributed by atoms with van der Waals surface area (Å²) in [6.07, 6.45) is 1.49. The second kappa shape index (κ2) is 12.9. The van der Waals surface area contributed by atoms with Gasteiger partial charge in [-0.25, -0.2) is 0 Å². The van der Waals surface area contributed by atoms with E-state index in [1.807, 2.05) is 20.8 Å². The number of guanidine groups is 1. The van der Waals surface area contributed by atoms with Gasteiger partial charge < -0.3 is 16.0 Å². The molecule has 3 N–H and O–H groups in total. The Labute approximate surface area is 128 Å². The number of hydrogen-bond donors (Lipinski definition) is 3. The fourth-order valence-corrected chi connectivity index (χ4v) is 1.25. The number of nitrogens with zero attached hydrogens (tertiary/aromatic N) is 1. The number of carbonyl (C=O) groups is 1. The molecule has 108 valence electrons. The average molecular weight is 370 g/mol. The maximum atomic E-state index is 11.4. The van der Waals surface area contributed by atoms with E-state index in [0.717, 1.165) is 25.5 Å². The first-order valence-corrected chi connectivity index (χ1v) is 6.41. The standard InChI is InChI=1S/C12H26N4O.HI/c1-5-8-14-12(13-6-2)15-9-7-11(17)16-10(3)4;/h10H,5-9H2,1-4H3,(H,16,17)(H2,13,14,15);1H. The number of halogens is 1. The molecule has 0 spiro atoms.